The number of aromatic amines is 1. The summed E-state index contributed by atoms with van der Waals surface area (Å²) in [7, 11) is -2.89. The molecule has 0 amide bonds. The summed E-state index contributed by atoms with van der Waals surface area (Å²) in [6.45, 7) is 7.29. The molecule has 0 unspecified atom stereocenters. The van der Waals surface area contributed by atoms with Crippen LogP contribution in [0.25, 0.3) is 11.3 Å². The number of H-pyrrole nitrogens is 1. The van der Waals surface area contributed by atoms with Crippen molar-refractivity contribution < 1.29 is 8.42 Å². The van der Waals surface area contributed by atoms with E-state index in [1.807, 2.05) is 6.20 Å². The number of rotatable bonds is 6. The fourth-order valence-electron chi connectivity index (χ4n) is 3.11. The lowest BCUT2D eigenvalue weighted by molar-refractivity contribution is 0.132. The third-order valence-corrected chi connectivity index (χ3v) is 5.62. The van der Waals surface area contributed by atoms with Gasteiger partial charge in [-0.2, -0.15) is 5.10 Å². The highest BCUT2D eigenvalue weighted by molar-refractivity contribution is 7.90. The van der Waals surface area contributed by atoms with Crippen molar-refractivity contribution in [2.75, 3.05) is 44.7 Å². The van der Waals surface area contributed by atoms with Crippen LogP contribution < -0.4 is 0 Å². The van der Waals surface area contributed by atoms with Gasteiger partial charge >= 0.3 is 0 Å². The zero-order valence-corrected chi connectivity index (χ0v) is 15.7. The van der Waals surface area contributed by atoms with Gasteiger partial charge in [0, 0.05) is 51.1 Å². The van der Waals surface area contributed by atoms with Crippen molar-refractivity contribution in [2.45, 2.75) is 13.5 Å². The summed E-state index contributed by atoms with van der Waals surface area (Å²) >= 11 is 0. The topological polar surface area (TPSA) is 69.3 Å². The molecule has 0 bridgehead atoms. The lowest BCUT2D eigenvalue weighted by atomic mass is 10.1. The maximum Gasteiger partial charge on any atom is 0.148 e. The van der Waals surface area contributed by atoms with Crippen LogP contribution in [0.3, 0.4) is 0 Å². The zero-order chi connectivity index (χ0) is 17.9. The Morgan fingerprint density at radius 2 is 1.72 bits per heavy atom. The quantitative estimate of drug-likeness (QED) is 0.844. The van der Waals surface area contributed by atoms with Crippen molar-refractivity contribution in [3.63, 3.8) is 0 Å². The van der Waals surface area contributed by atoms with Crippen molar-refractivity contribution in [1.29, 1.82) is 0 Å². The minimum absolute atomic E-state index is 0.242. The predicted molar refractivity (Wildman–Crippen MR) is 100 cm³/mol. The number of piperazine rings is 1. The minimum atomic E-state index is -2.89. The molecule has 1 aromatic heterocycles. The fourth-order valence-corrected chi connectivity index (χ4v) is 3.70. The average molecular weight is 362 g/mol. The molecule has 0 radical (unpaired) electrons. The molecule has 0 saturated carbocycles. The van der Waals surface area contributed by atoms with Crippen LogP contribution in [0.2, 0.25) is 0 Å². The highest BCUT2D eigenvalue weighted by atomic mass is 32.2. The van der Waals surface area contributed by atoms with Gasteiger partial charge in [0.05, 0.1) is 17.6 Å². The van der Waals surface area contributed by atoms with E-state index >= 15 is 0 Å². The molecule has 2 aromatic rings. The van der Waals surface area contributed by atoms with Crippen LogP contribution in [0.4, 0.5) is 0 Å². The third-order valence-electron chi connectivity index (χ3n) is 4.70. The van der Waals surface area contributed by atoms with Gasteiger partial charge in [0.25, 0.3) is 0 Å². The number of aromatic nitrogens is 2. The van der Waals surface area contributed by atoms with E-state index in [0.717, 1.165) is 44.0 Å². The molecule has 1 aliphatic heterocycles. The van der Waals surface area contributed by atoms with Crippen molar-refractivity contribution >= 4 is 9.84 Å². The van der Waals surface area contributed by atoms with Gasteiger partial charge in [-0.1, -0.05) is 29.8 Å². The summed E-state index contributed by atoms with van der Waals surface area (Å²) < 4.78 is 22.6. The van der Waals surface area contributed by atoms with E-state index in [1.54, 1.807) is 0 Å². The van der Waals surface area contributed by atoms with Gasteiger partial charge in [-0.15, -0.1) is 0 Å². The number of aryl methyl sites for hydroxylation is 1. The second kappa shape index (κ2) is 7.68. The summed E-state index contributed by atoms with van der Waals surface area (Å²) in [6.07, 6.45) is 3.21. The summed E-state index contributed by atoms with van der Waals surface area (Å²) in [5, 5.41) is 7.35. The molecule has 2 heterocycles. The van der Waals surface area contributed by atoms with Gasteiger partial charge in [-0.3, -0.25) is 14.9 Å². The predicted octanol–water partition coefficient (Wildman–Crippen LogP) is 1.55. The van der Waals surface area contributed by atoms with Crippen LogP contribution in [0.15, 0.2) is 30.5 Å². The molecule has 1 saturated heterocycles. The van der Waals surface area contributed by atoms with Gasteiger partial charge in [-0.05, 0) is 12.5 Å². The molecule has 136 valence electrons. The number of benzene rings is 1. The Hall–Kier alpha value is -1.70. The molecule has 0 spiro atoms. The Balaban J connectivity index is 1.56. The fraction of sp³-hybridized carbons (Fsp3) is 0.500. The van der Waals surface area contributed by atoms with E-state index in [0.29, 0.717) is 6.54 Å². The lowest BCUT2D eigenvalue weighted by Gasteiger charge is -2.34. The van der Waals surface area contributed by atoms with Gasteiger partial charge in [-0.25, -0.2) is 8.42 Å². The second-order valence-electron chi connectivity index (χ2n) is 6.88. The Kier molecular flexibility index (Phi) is 5.56. The van der Waals surface area contributed by atoms with Crippen LogP contribution in [-0.4, -0.2) is 73.1 Å². The Morgan fingerprint density at radius 3 is 2.36 bits per heavy atom. The second-order valence-corrected chi connectivity index (χ2v) is 9.14. The highest BCUT2D eigenvalue weighted by Crippen LogP contribution is 2.23. The molecule has 3 rings (SSSR count). The molecule has 1 aliphatic rings. The normalized spacial score (nSPS) is 17.0. The first kappa shape index (κ1) is 18.1. The first-order valence-electron chi connectivity index (χ1n) is 8.62. The van der Waals surface area contributed by atoms with E-state index in [9.17, 15) is 8.42 Å². The molecular formula is C18H26N4O2S. The molecule has 0 atom stereocenters. The van der Waals surface area contributed by atoms with Crippen LogP contribution in [0.1, 0.15) is 11.1 Å². The molecule has 1 fully saturated rings. The van der Waals surface area contributed by atoms with Gasteiger partial charge < -0.3 is 0 Å². The van der Waals surface area contributed by atoms with E-state index in [-0.39, 0.29) is 5.75 Å². The zero-order valence-electron chi connectivity index (χ0n) is 14.9. The summed E-state index contributed by atoms with van der Waals surface area (Å²) in [6, 6.07) is 8.46. The summed E-state index contributed by atoms with van der Waals surface area (Å²) in [4.78, 5) is 4.63. The van der Waals surface area contributed by atoms with E-state index in [4.69, 9.17) is 0 Å². The van der Waals surface area contributed by atoms with E-state index in [2.05, 4.69) is 51.2 Å². The maximum atomic E-state index is 11.3. The average Bonchev–Trinajstić information content (AvgIpc) is 3.02. The van der Waals surface area contributed by atoms with E-state index in [1.165, 1.54) is 17.4 Å². The van der Waals surface area contributed by atoms with Crippen molar-refractivity contribution in [3.05, 3.63) is 41.6 Å². The van der Waals surface area contributed by atoms with Gasteiger partial charge in [0.15, 0.2) is 0 Å². The van der Waals surface area contributed by atoms with Crippen molar-refractivity contribution in [1.82, 2.24) is 20.0 Å². The molecular weight excluding hydrogens is 336 g/mol. The van der Waals surface area contributed by atoms with Crippen LogP contribution in [0, 0.1) is 6.92 Å². The third kappa shape index (κ3) is 5.14. The van der Waals surface area contributed by atoms with E-state index < -0.39 is 9.84 Å². The van der Waals surface area contributed by atoms with Crippen LogP contribution >= 0.6 is 0 Å². The van der Waals surface area contributed by atoms with Crippen LogP contribution in [-0.2, 0) is 16.4 Å². The Morgan fingerprint density at radius 1 is 1.08 bits per heavy atom. The standard InChI is InChI=1S/C18H26N4O2S/c1-15-3-5-16(6-4-15)18-17(13-19-20-18)14-22-9-7-21(8-10-22)11-12-25(2,23)24/h3-6,13H,7-12,14H2,1-2H3,(H,19,20). The highest BCUT2D eigenvalue weighted by Gasteiger charge is 2.19. The number of sulfone groups is 1. The minimum Gasteiger partial charge on any atom is -0.300 e. The molecule has 6 nitrogen and oxygen atoms in total. The van der Waals surface area contributed by atoms with Gasteiger partial charge in [0.1, 0.15) is 9.84 Å². The maximum absolute atomic E-state index is 11.3. The number of nitrogens with one attached hydrogen (secondary N) is 1. The largest absolute Gasteiger partial charge is 0.300 e. The Labute approximate surface area is 149 Å². The number of hydrogen-bond donors (Lipinski definition) is 1. The molecule has 0 aliphatic carbocycles. The van der Waals surface area contributed by atoms with Gasteiger partial charge in [0.2, 0.25) is 0 Å². The SMILES string of the molecule is Cc1ccc(-c2[nH]ncc2CN2CCN(CCS(C)(=O)=O)CC2)cc1. The van der Waals surface area contributed by atoms with Crippen molar-refractivity contribution in [3.8, 4) is 11.3 Å². The summed E-state index contributed by atoms with van der Waals surface area (Å²) in [5.74, 6) is 0.242. The first-order chi connectivity index (χ1) is 11.9. The van der Waals surface area contributed by atoms with Crippen molar-refractivity contribution in [2.24, 2.45) is 0 Å². The lowest BCUT2D eigenvalue weighted by Crippen LogP contribution is -2.47. The monoisotopic (exact) mass is 362 g/mol. The molecule has 1 aromatic carbocycles. The molecule has 25 heavy (non-hydrogen) atoms. The Bertz CT molecular complexity index is 791. The first-order valence-corrected chi connectivity index (χ1v) is 10.7. The molecule has 7 heteroatoms. The van der Waals surface area contributed by atoms with Crippen LogP contribution in [0.5, 0.6) is 0 Å². The number of nitrogens with zero attached hydrogens (tertiary/aromatic N) is 3. The number of hydrogen-bond acceptors (Lipinski definition) is 5. The summed E-state index contributed by atoms with van der Waals surface area (Å²) in [5.41, 5.74) is 4.69. The molecule has 1 N–H and O–H groups in total. The smallest absolute Gasteiger partial charge is 0.148 e.